The Morgan fingerprint density at radius 3 is 2.65 bits per heavy atom. The minimum absolute atomic E-state index is 0.0584. The molecule has 0 fully saturated rings. The van der Waals surface area contributed by atoms with E-state index in [0.717, 1.165) is 0 Å². The summed E-state index contributed by atoms with van der Waals surface area (Å²) in [6, 6.07) is 0. The fourth-order valence-corrected chi connectivity index (χ4v) is 2.08. The number of anilines is 1. The van der Waals surface area contributed by atoms with Crippen LogP contribution in [0.15, 0.2) is 4.79 Å². The lowest BCUT2D eigenvalue weighted by Crippen LogP contribution is -2.23. The third kappa shape index (κ3) is 3.34. The first-order valence-electron chi connectivity index (χ1n) is 5.17. The number of nitrogens with zero attached hydrogens (tertiary/aromatic N) is 1. The molecule has 0 atom stereocenters. The maximum absolute atomic E-state index is 11.6. The van der Waals surface area contributed by atoms with Gasteiger partial charge < -0.3 is 10.5 Å². The van der Waals surface area contributed by atoms with E-state index in [4.69, 9.17) is 10.5 Å². The summed E-state index contributed by atoms with van der Waals surface area (Å²) >= 11 is 0. The van der Waals surface area contributed by atoms with Crippen LogP contribution in [0.25, 0.3) is 0 Å². The number of rotatable bonds is 6. The van der Waals surface area contributed by atoms with Crippen LogP contribution in [0.5, 0.6) is 0 Å². The van der Waals surface area contributed by atoms with Gasteiger partial charge in [-0.05, 0) is 0 Å². The van der Waals surface area contributed by atoms with Crippen molar-refractivity contribution in [1.82, 2.24) is 9.78 Å². The Hall–Kier alpha value is -1.28. The van der Waals surface area contributed by atoms with Crippen molar-refractivity contribution in [3.8, 4) is 0 Å². The number of methoxy groups -OCH3 is 1. The van der Waals surface area contributed by atoms with Gasteiger partial charge in [-0.1, -0.05) is 6.92 Å². The molecule has 0 unspecified atom stereocenters. The van der Waals surface area contributed by atoms with Crippen LogP contribution in [-0.4, -0.2) is 36.8 Å². The highest BCUT2D eigenvalue weighted by Crippen LogP contribution is 2.04. The lowest BCUT2D eigenvalue weighted by molar-refractivity contribution is 0.181. The van der Waals surface area contributed by atoms with Crippen molar-refractivity contribution in [2.75, 3.05) is 24.3 Å². The van der Waals surface area contributed by atoms with E-state index in [0.29, 0.717) is 5.69 Å². The second kappa shape index (κ2) is 5.37. The number of aromatic amines is 1. The number of nitrogens with one attached hydrogen (secondary N) is 1. The molecule has 0 aliphatic rings. The van der Waals surface area contributed by atoms with Gasteiger partial charge in [-0.2, -0.15) is 0 Å². The summed E-state index contributed by atoms with van der Waals surface area (Å²) in [5, 5.41) is 2.74. The Labute approximate surface area is 99.5 Å². The van der Waals surface area contributed by atoms with Crippen LogP contribution in [0.4, 0.5) is 5.69 Å². The Morgan fingerprint density at radius 2 is 2.12 bits per heavy atom. The number of hydrogen-bond acceptors (Lipinski definition) is 5. The van der Waals surface area contributed by atoms with E-state index in [-0.39, 0.29) is 30.3 Å². The molecule has 0 radical (unpaired) electrons. The van der Waals surface area contributed by atoms with Crippen LogP contribution >= 0.6 is 0 Å². The lowest BCUT2D eigenvalue weighted by Gasteiger charge is -2.02. The second-order valence-corrected chi connectivity index (χ2v) is 6.10. The van der Waals surface area contributed by atoms with Crippen LogP contribution < -0.4 is 11.3 Å². The monoisotopic (exact) mass is 263 g/mol. The summed E-state index contributed by atoms with van der Waals surface area (Å²) in [6.07, 6.45) is 0. The lowest BCUT2D eigenvalue weighted by atomic mass is 10.4. The zero-order chi connectivity index (χ0) is 13.1. The Morgan fingerprint density at radius 1 is 1.47 bits per heavy atom. The van der Waals surface area contributed by atoms with Gasteiger partial charge >= 0.3 is 0 Å². The van der Waals surface area contributed by atoms with E-state index < -0.39 is 15.4 Å². The molecule has 0 spiro atoms. The Bertz CT molecular complexity index is 529. The molecule has 1 rings (SSSR count). The average molecular weight is 263 g/mol. The number of nitrogens with two attached hydrogens (primary N) is 1. The van der Waals surface area contributed by atoms with Crippen molar-refractivity contribution in [2.24, 2.45) is 0 Å². The van der Waals surface area contributed by atoms with Crippen LogP contribution in [0, 0.1) is 0 Å². The number of nitrogen functional groups attached to an aromatic ring is 1. The van der Waals surface area contributed by atoms with E-state index in [1.807, 2.05) is 0 Å². The third-order valence-corrected chi connectivity index (χ3v) is 4.11. The predicted molar refractivity (Wildman–Crippen MR) is 64.5 cm³/mol. The highest BCUT2D eigenvalue weighted by molar-refractivity contribution is 7.91. The maximum Gasteiger partial charge on any atom is 0.290 e. The molecule has 0 bridgehead atoms. The zero-order valence-corrected chi connectivity index (χ0v) is 10.7. The third-order valence-electron chi connectivity index (χ3n) is 2.42. The highest BCUT2D eigenvalue weighted by atomic mass is 32.2. The average Bonchev–Trinajstić information content (AvgIpc) is 2.55. The van der Waals surface area contributed by atoms with Gasteiger partial charge in [-0.3, -0.25) is 14.6 Å². The first-order chi connectivity index (χ1) is 7.91. The van der Waals surface area contributed by atoms with Gasteiger partial charge in [0.2, 0.25) is 0 Å². The van der Waals surface area contributed by atoms with E-state index in [1.165, 1.54) is 11.8 Å². The van der Waals surface area contributed by atoms with Crippen molar-refractivity contribution >= 4 is 15.5 Å². The van der Waals surface area contributed by atoms with Crippen LogP contribution in [0.3, 0.4) is 0 Å². The molecule has 17 heavy (non-hydrogen) atoms. The zero-order valence-electron chi connectivity index (χ0n) is 9.89. The molecular weight excluding hydrogens is 246 g/mol. The maximum atomic E-state index is 11.6. The number of ether oxygens (including phenoxy) is 1. The molecular formula is C9H17N3O4S. The number of aromatic nitrogens is 2. The van der Waals surface area contributed by atoms with E-state index in [2.05, 4.69) is 5.10 Å². The molecule has 1 aromatic heterocycles. The molecule has 0 aliphatic heterocycles. The molecule has 98 valence electrons. The van der Waals surface area contributed by atoms with Crippen molar-refractivity contribution < 1.29 is 13.2 Å². The van der Waals surface area contributed by atoms with Gasteiger partial charge in [0, 0.05) is 12.9 Å². The fraction of sp³-hybridized carbons (Fsp3) is 0.667. The summed E-state index contributed by atoms with van der Waals surface area (Å²) in [6.45, 7) is 1.83. The molecule has 0 saturated carbocycles. The first-order valence-corrected chi connectivity index (χ1v) is 7.00. The van der Waals surface area contributed by atoms with Gasteiger partial charge in [0.15, 0.2) is 9.84 Å². The smallest absolute Gasteiger partial charge is 0.290 e. The van der Waals surface area contributed by atoms with E-state index >= 15 is 0 Å². The van der Waals surface area contributed by atoms with Gasteiger partial charge in [-0.15, -0.1) is 0 Å². The largest absolute Gasteiger partial charge is 0.393 e. The molecule has 1 aromatic rings. The first kappa shape index (κ1) is 13.8. The van der Waals surface area contributed by atoms with Gasteiger partial charge in [0.25, 0.3) is 5.56 Å². The van der Waals surface area contributed by atoms with Crippen LogP contribution in [-0.2, 0) is 27.7 Å². The number of hydrogen-bond donors (Lipinski definition) is 2. The fourth-order valence-electron chi connectivity index (χ4n) is 1.33. The van der Waals surface area contributed by atoms with Crippen molar-refractivity contribution in [2.45, 2.75) is 20.1 Å². The number of H-pyrrole nitrogens is 1. The van der Waals surface area contributed by atoms with Crippen LogP contribution in [0.1, 0.15) is 12.6 Å². The molecule has 8 heteroatoms. The number of sulfone groups is 1. The summed E-state index contributed by atoms with van der Waals surface area (Å²) in [5.74, 6) is -0.0291. The molecule has 1 heterocycles. The summed E-state index contributed by atoms with van der Waals surface area (Å²) < 4.78 is 28.7. The van der Waals surface area contributed by atoms with E-state index in [9.17, 15) is 13.2 Å². The van der Waals surface area contributed by atoms with Crippen molar-refractivity contribution in [3.05, 3.63) is 16.0 Å². The van der Waals surface area contributed by atoms with Crippen LogP contribution in [0.2, 0.25) is 0 Å². The highest BCUT2D eigenvalue weighted by Gasteiger charge is 2.13. The minimum Gasteiger partial charge on any atom is -0.393 e. The molecule has 0 aromatic carbocycles. The quantitative estimate of drug-likeness (QED) is 0.708. The molecule has 0 aliphatic carbocycles. The molecule has 0 saturated heterocycles. The summed E-state index contributed by atoms with van der Waals surface area (Å²) in [5.41, 5.74) is 5.69. The van der Waals surface area contributed by atoms with Crippen molar-refractivity contribution in [3.63, 3.8) is 0 Å². The summed E-state index contributed by atoms with van der Waals surface area (Å²) in [7, 11) is -1.62. The summed E-state index contributed by atoms with van der Waals surface area (Å²) in [4.78, 5) is 11.6. The van der Waals surface area contributed by atoms with Crippen molar-refractivity contribution in [1.29, 1.82) is 0 Å². The van der Waals surface area contributed by atoms with Gasteiger partial charge in [-0.25, -0.2) is 8.42 Å². The Kier molecular flexibility index (Phi) is 4.35. The molecule has 3 N–H and O–H groups in total. The minimum atomic E-state index is -3.10. The molecule has 0 amide bonds. The normalized spacial score (nSPS) is 11.9. The number of aryl methyl sites for hydroxylation is 1. The SMILES string of the molecule is CCS(=O)(=O)CCn1[nH]c(COC)c(N)c1=O. The standard InChI is InChI=1S/C9H17N3O4S/c1-3-17(14,15)5-4-12-9(13)8(10)7(11-12)6-16-2/h11H,3-6,10H2,1-2H3. The second-order valence-electron chi connectivity index (χ2n) is 3.63. The molecule has 7 nitrogen and oxygen atoms in total. The van der Waals surface area contributed by atoms with Gasteiger partial charge in [0.05, 0.1) is 24.6 Å². The predicted octanol–water partition coefficient (Wildman–Crippen LogP) is -0.660. The topological polar surface area (TPSA) is 107 Å². The van der Waals surface area contributed by atoms with E-state index in [1.54, 1.807) is 6.92 Å². The van der Waals surface area contributed by atoms with Gasteiger partial charge in [0.1, 0.15) is 5.69 Å². The Balaban J connectivity index is 2.86.